The van der Waals surface area contributed by atoms with Crippen LogP contribution in [-0.4, -0.2) is 54.2 Å². The van der Waals surface area contributed by atoms with E-state index < -0.39 is 13.2 Å². The second kappa shape index (κ2) is 8.83. The van der Waals surface area contributed by atoms with Gasteiger partial charge in [0.25, 0.3) is 0 Å². The molecular formula is C18H26BCl2NO4. The van der Waals surface area contributed by atoms with E-state index in [-0.39, 0.29) is 17.8 Å². The highest BCUT2D eigenvalue weighted by atomic mass is 35.5. The zero-order valence-electron chi connectivity index (χ0n) is 15.8. The third kappa shape index (κ3) is 5.06. The van der Waals surface area contributed by atoms with Gasteiger partial charge < -0.3 is 18.9 Å². The van der Waals surface area contributed by atoms with Crippen LogP contribution >= 0.6 is 23.2 Å². The van der Waals surface area contributed by atoms with E-state index in [1.54, 1.807) is 0 Å². The summed E-state index contributed by atoms with van der Waals surface area (Å²) in [6, 6.07) is 7.67. The van der Waals surface area contributed by atoms with Crippen LogP contribution in [0.15, 0.2) is 24.3 Å². The van der Waals surface area contributed by atoms with Crippen molar-refractivity contribution < 1.29 is 18.8 Å². The van der Waals surface area contributed by atoms with Crippen molar-refractivity contribution >= 4 is 41.9 Å². The molecule has 2 rings (SSSR count). The molecule has 1 amide bonds. The molecular weight excluding hydrogens is 376 g/mol. The first-order valence-electron chi connectivity index (χ1n) is 8.68. The largest absolute Gasteiger partial charge is 0.494 e. The molecule has 1 aliphatic heterocycles. The van der Waals surface area contributed by atoms with Crippen LogP contribution in [0.2, 0.25) is 0 Å². The van der Waals surface area contributed by atoms with Gasteiger partial charge in [0.2, 0.25) is 0 Å². The first-order valence-corrected chi connectivity index (χ1v) is 9.75. The molecule has 0 atom stereocenters. The minimum absolute atomic E-state index is 0.184. The Balaban J connectivity index is 1.93. The highest BCUT2D eigenvalue weighted by molar-refractivity contribution is 6.62. The Labute approximate surface area is 166 Å². The Morgan fingerprint density at radius 3 is 2.00 bits per heavy atom. The van der Waals surface area contributed by atoms with Gasteiger partial charge in [-0.3, -0.25) is 0 Å². The minimum Gasteiger partial charge on any atom is -0.445 e. The van der Waals surface area contributed by atoms with Crippen molar-refractivity contribution in [1.29, 1.82) is 0 Å². The van der Waals surface area contributed by atoms with Crippen molar-refractivity contribution in [2.45, 2.75) is 45.5 Å². The topological polar surface area (TPSA) is 48.0 Å². The van der Waals surface area contributed by atoms with Crippen molar-refractivity contribution in [1.82, 2.24) is 4.90 Å². The maximum Gasteiger partial charge on any atom is 0.494 e. The Bertz CT molecular complexity index is 588. The van der Waals surface area contributed by atoms with Crippen LogP contribution in [0.4, 0.5) is 4.79 Å². The Morgan fingerprint density at radius 2 is 1.54 bits per heavy atom. The van der Waals surface area contributed by atoms with Crippen LogP contribution in [0.5, 0.6) is 0 Å². The molecule has 0 unspecified atom stereocenters. The van der Waals surface area contributed by atoms with Gasteiger partial charge in [-0.15, -0.1) is 23.2 Å². The van der Waals surface area contributed by atoms with Crippen LogP contribution in [0.3, 0.4) is 0 Å². The molecule has 1 aliphatic rings. The number of nitrogens with zero attached hydrogens (tertiary/aromatic N) is 1. The number of amides is 1. The third-order valence-electron chi connectivity index (χ3n) is 4.83. The fraction of sp³-hybridized carbons (Fsp3) is 0.611. The SMILES string of the molecule is CC1(C)OB(c2ccc(COC(=O)N(CCCl)CCCl)cc2)OC1(C)C. The fourth-order valence-corrected chi connectivity index (χ4v) is 2.89. The van der Waals surface area contributed by atoms with E-state index in [1.165, 1.54) is 4.90 Å². The number of benzene rings is 1. The smallest absolute Gasteiger partial charge is 0.445 e. The second-order valence-electron chi connectivity index (χ2n) is 7.25. The molecule has 1 fully saturated rings. The molecule has 1 saturated heterocycles. The summed E-state index contributed by atoms with van der Waals surface area (Å²) in [6.07, 6.45) is -0.415. The Hall–Kier alpha value is -0.945. The molecule has 1 heterocycles. The van der Waals surface area contributed by atoms with Gasteiger partial charge in [-0.25, -0.2) is 4.79 Å². The second-order valence-corrected chi connectivity index (χ2v) is 8.01. The van der Waals surface area contributed by atoms with E-state index in [0.717, 1.165) is 11.0 Å². The number of alkyl halides is 2. The maximum atomic E-state index is 12.1. The minimum atomic E-state index is -0.415. The van der Waals surface area contributed by atoms with Crippen molar-refractivity contribution in [3.63, 3.8) is 0 Å². The number of ether oxygens (including phenoxy) is 1. The van der Waals surface area contributed by atoms with Gasteiger partial charge in [-0.2, -0.15) is 0 Å². The summed E-state index contributed by atoms with van der Waals surface area (Å²) in [7, 11) is -0.403. The third-order valence-corrected chi connectivity index (χ3v) is 5.17. The van der Waals surface area contributed by atoms with Crippen LogP contribution in [-0.2, 0) is 20.7 Å². The number of hydrogen-bond acceptors (Lipinski definition) is 4. The van der Waals surface area contributed by atoms with E-state index in [1.807, 2.05) is 52.0 Å². The molecule has 0 aromatic heterocycles. The maximum absolute atomic E-state index is 12.1. The van der Waals surface area contributed by atoms with E-state index in [2.05, 4.69) is 0 Å². The molecule has 0 spiro atoms. The zero-order valence-corrected chi connectivity index (χ0v) is 17.3. The molecule has 0 N–H and O–H groups in total. The lowest BCUT2D eigenvalue weighted by Gasteiger charge is -2.32. The Kier molecular flexibility index (Phi) is 7.25. The lowest BCUT2D eigenvalue weighted by molar-refractivity contribution is 0.00578. The Morgan fingerprint density at radius 1 is 1.04 bits per heavy atom. The molecule has 144 valence electrons. The summed E-state index contributed by atoms with van der Waals surface area (Å²) >= 11 is 11.4. The molecule has 0 aliphatic carbocycles. The highest BCUT2D eigenvalue weighted by Crippen LogP contribution is 2.36. The fourth-order valence-electron chi connectivity index (χ4n) is 2.48. The van der Waals surface area contributed by atoms with Gasteiger partial charge in [0.05, 0.1) is 11.2 Å². The van der Waals surface area contributed by atoms with Gasteiger partial charge in [0.15, 0.2) is 0 Å². The van der Waals surface area contributed by atoms with E-state index >= 15 is 0 Å². The summed E-state index contributed by atoms with van der Waals surface area (Å²) in [6.45, 7) is 9.09. The van der Waals surface area contributed by atoms with Crippen molar-refractivity contribution in [3.8, 4) is 0 Å². The number of hydrogen-bond donors (Lipinski definition) is 0. The number of carbonyl (C=O) groups excluding carboxylic acids is 1. The van der Waals surface area contributed by atoms with Gasteiger partial charge >= 0.3 is 13.2 Å². The summed E-state index contributed by atoms with van der Waals surface area (Å²) in [5, 5.41) is 0. The van der Waals surface area contributed by atoms with Gasteiger partial charge in [0.1, 0.15) is 6.61 Å². The lowest BCUT2D eigenvalue weighted by atomic mass is 9.79. The summed E-state index contributed by atoms with van der Waals surface area (Å²) in [4.78, 5) is 13.6. The average molecular weight is 402 g/mol. The molecule has 0 radical (unpaired) electrons. The molecule has 5 nitrogen and oxygen atoms in total. The number of halogens is 2. The monoisotopic (exact) mass is 401 g/mol. The number of carbonyl (C=O) groups is 1. The predicted molar refractivity (Wildman–Crippen MR) is 105 cm³/mol. The molecule has 8 heteroatoms. The predicted octanol–water partition coefficient (Wildman–Crippen LogP) is 3.40. The zero-order chi connectivity index (χ0) is 19.4. The average Bonchev–Trinajstić information content (AvgIpc) is 2.80. The molecule has 0 bridgehead atoms. The van der Waals surface area contributed by atoms with Crippen LogP contribution < -0.4 is 5.46 Å². The molecule has 0 saturated carbocycles. The molecule has 26 heavy (non-hydrogen) atoms. The first-order chi connectivity index (χ1) is 12.2. The molecule has 1 aromatic carbocycles. The van der Waals surface area contributed by atoms with Crippen LogP contribution in [0, 0.1) is 0 Å². The van der Waals surface area contributed by atoms with Gasteiger partial charge in [-0.1, -0.05) is 24.3 Å². The van der Waals surface area contributed by atoms with Gasteiger partial charge in [0, 0.05) is 24.8 Å². The summed E-state index contributed by atoms with van der Waals surface area (Å²) in [5.74, 6) is 0.684. The summed E-state index contributed by atoms with van der Waals surface area (Å²) in [5.41, 5.74) is 1.07. The first kappa shape index (κ1) is 21.4. The van der Waals surface area contributed by atoms with Crippen molar-refractivity contribution in [2.24, 2.45) is 0 Å². The van der Waals surface area contributed by atoms with E-state index in [4.69, 9.17) is 37.2 Å². The molecule has 1 aromatic rings. The van der Waals surface area contributed by atoms with Crippen LogP contribution in [0.1, 0.15) is 33.3 Å². The van der Waals surface area contributed by atoms with E-state index in [9.17, 15) is 4.79 Å². The van der Waals surface area contributed by atoms with Crippen molar-refractivity contribution in [3.05, 3.63) is 29.8 Å². The number of rotatable bonds is 7. The van der Waals surface area contributed by atoms with Gasteiger partial charge in [-0.05, 0) is 38.7 Å². The lowest BCUT2D eigenvalue weighted by Crippen LogP contribution is -2.41. The highest BCUT2D eigenvalue weighted by Gasteiger charge is 2.51. The van der Waals surface area contributed by atoms with E-state index in [0.29, 0.717) is 24.8 Å². The quantitative estimate of drug-likeness (QED) is 0.518. The summed E-state index contributed by atoms with van der Waals surface area (Å²) < 4.78 is 17.4. The van der Waals surface area contributed by atoms with Crippen LogP contribution in [0.25, 0.3) is 0 Å². The van der Waals surface area contributed by atoms with Crippen molar-refractivity contribution in [2.75, 3.05) is 24.8 Å². The standard InChI is InChI=1S/C18H26BCl2NO4/c1-17(2)18(3,4)26-19(25-17)15-7-5-14(6-8-15)13-24-16(23)22(11-9-20)12-10-21/h5-8H,9-13H2,1-4H3. The normalized spacial score (nSPS) is 18.0.